The molecule has 0 unspecified atom stereocenters. The number of benzene rings is 2. The first-order valence-corrected chi connectivity index (χ1v) is 7.94. The van der Waals surface area contributed by atoms with Gasteiger partial charge in [-0.25, -0.2) is 4.39 Å². The number of hydrogen-bond donors (Lipinski definition) is 2. The molecule has 24 heavy (non-hydrogen) atoms. The van der Waals surface area contributed by atoms with Crippen molar-refractivity contribution in [2.24, 2.45) is 5.11 Å². The summed E-state index contributed by atoms with van der Waals surface area (Å²) in [4.78, 5) is 3.04. The zero-order valence-corrected chi connectivity index (χ0v) is 12.9. The van der Waals surface area contributed by atoms with E-state index in [1.54, 1.807) is 6.07 Å². The number of ether oxygens (including phenoxy) is 1. The second-order valence-electron chi connectivity index (χ2n) is 6.25. The fraction of sp³-hybridized carbons (Fsp3) is 0.333. The zero-order valence-electron chi connectivity index (χ0n) is 12.9. The van der Waals surface area contributed by atoms with E-state index in [2.05, 4.69) is 10.0 Å². The lowest BCUT2D eigenvalue weighted by molar-refractivity contribution is 0.0441. The molecule has 2 aromatic rings. The molecule has 6 heteroatoms. The fourth-order valence-electron chi connectivity index (χ4n) is 3.90. The predicted molar refractivity (Wildman–Crippen MR) is 84.0 cm³/mol. The van der Waals surface area contributed by atoms with Crippen LogP contribution in [0.15, 0.2) is 47.6 Å². The Morgan fingerprint density at radius 2 is 1.92 bits per heavy atom. The van der Waals surface area contributed by atoms with Crippen LogP contribution < -0.4 is 4.91 Å². The van der Waals surface area contributed by atoms with Gasteiger partial charge in [0.1, 0.15) is 29.1 Å². The van der Waals surface area contributed by atoms with Gasteiger partial charge in [0, 0.05) is 5.92 Å². The standard InChI is InChI=1S/C18H17FN3O2/c19-10-5-6-14-15(7-10)18-16(8-11(24-18)9-21-22-20)12-3-1-2-4-13(12)17(14)23/h1-7,11,16-18,20,23H,8-9H2/q+1/t11-,16-,17-,18-/m1/s1. The Bertz CT molecular complexity index is 835. The molecule has 0 saturated carbocycles. The molecule has 0 spiro atoms. The molecule has 0 aromatic heterocycles. The molecule has 2 aliphatic rings. The van der Waals surface area contributed by atoms with Crippen LogP contribution in [0.25, 0.3) is 0 Å². The molecule has 1 heterocycles. The van der Waals surface area contributed by atoms with Gasteiger partial charge in [-0.05, 0) is 40.8 Å². The highest BCUT2D eigenvalue weighted by atomic mass is 19.1. The molecule has 1 aliphatic heterocycles. The summed E-state index contributed by atoms with van der Waals surface area (Å²) in [5.74, 6) is -0.326. The molecule has 4 atom stereocenters. The summed E-state index contributed by atoms with van der Waals surface area (Å²) in [6, 6.07) is 12.2. The van der Waals surface area contributed by atoms with Crippen LogP contribution in [0.3, 0.4) is 0 Å². The van der Waals surface area contributed by atoms with Crippen LogP contribution in [0.4, 0.5) is 4.39 Å². The van der Waals surface area contributed by atoms with Gasteiger partial charge < -0.3 is 9.84 Å². The minimum absolute atomic E-state index is 0.0184. The third-order valence-electron chi connectivity index (χ3n) is 4.92. The molecule has 0 amide bonds. The molecular formula is C18H17FN3O2+. The summed E-state index contributed by atoms with van der Waals surface area (Å²) in [7, 11) is 0. The van der Waals surface area contributed by atoms with Crippen LogP contribution in [-0.4, -0.2) is 17.8 Å². The lowest BCUT2D eigenvalue weighted by Crippen LogP contribution is -2.12. The van der Waals surface area contributed by atoms with E-state index >= 15 is 0 Å². The molecule has 2 N–H and O–H groups in total. The van der Waals surface area contributed by atoms with Crippen LogP contribution in [0.1, 0.15) is 46.8 Å². The largest absolute Gasteiger partial charge is 0.384 e. The Hall–Kier alpha value is -2.40. The van der Waals surface area contributed by atoms with Crippen molar-refractivity contribution in [1.82, 2.24) is 4.91 Å². The number of rotatable bonds is 2. The third kappa shape index (κ3) is 2.36. The van der Waals surface area contributed by atoms with E-state index in [0.717, 1.165) is 11.1 Å². The zero-order chi connectivity index (χ0) is 16.7. The molecule has 5 nitrogen and oxygen atoms in total. The van der Waals surface area contributed by atoms with Crippen LogP contribution >= 0.6 is 0 Å². The van der Waals surface area contributed by atoms with Crippen molar-refractivity contribution in [3.05, 3.63) is 70.5 Å². The van der Waals surface area contributed by atoms with Crippen molar-refractivity contribution in [3.63, 3.8) is 0 Å². The summed E-state index contributed by atoms with van der Waals surface area (Å²) in [5, 5.41) is 14.5. The van der Waals surface area contributed by atoms with Crippen LogP contribution in [0.5, 0.6) is 0 Å². The van der Waals surface area contributed by atoms with E-state index in [9.17, 15) is 9.50 Å². The average Bonchev–Trinajstić information content (AvgIpc) is 3.00. The van der Waals surface area contributed by atoms with E-state index < -0.39 is 6.10 Å². The Kier molecular flexibility index (Phi) is 3.73. The van der Waals surface area contributed by atoms with Gasteiger partial charge in [-0.15, -0.1) is 0 Å². The van der Waals surface area contributed by atoms with E-state index in [1.165, 1.54) is 12.1 Å². The average molecular weight is 326 g/mol. The number of hydrogen-bond acceptors (Lipinski definition) is 4. The number of fused-ring (bicyclic) bond motifs is 5. The summed E-state index contributed by atoms with van der Waals surface area (Å²) < 4.78 is 20.0. The molecule has 2 aromatic carbocycles. The highest BCUT2D eigenvalue weighted by Gasteiger charge is 2.43. The van der Waals surface area contributed by atoms with Crippen molar-refractivity contribution in [3.8, 4) is 0 Å². The maximum absolute atomic E-state index is 13.8. The molecule has 1 aliphatic carbocycles. The van der Waals surface area contributed by atoms with Gasteiger partial charge in [-0.2, -0.15) is 0 Å². The number of nitrogens with zero attached hydrogens (tertiary/aromatic N) is 2. The minimum Gasteiger partial charge on any atom is -0.384 e. The van der Waals surface area contributed by atoms with Crippen molar-refractivity contribution in [1.29, 1.82) is 5.53 Å². The Balaban J connectivity index is 1.86. The normalized spacial score (nSPS) is 27.4. The summed E-state index contributed by atoms with van der Waals surface area (Å²) >= 11 is 0. The van der Waals surface area contributed by atoms with Gasteiger partial charge >= 0.3 is 0 Å². The van der Waals surface area contributed by atoms with Gasteiger partial charge in [0.2, 0.25) is 4.91 Å². The van der Waals surface area contributed by atoms with Crippen LogP contribution in [0.2, 0.25) is 0 Å². The Morgan fingerprint density at radius 3 is 2.71 bits per heavy atom. The maximum Gasteiger partial charge on any atom is 0.214 e. The molecule has 1 fully saturated rings. The molecule has 0 bridgehead atoms. The topological polar surface area (TPSA) is 79.8 Å². The first-order chi connectivity index (χ1) is 11.7. The van der Waals surface area contributed by atoms with Gasteiger partial charge in [-0.3, -0.25) is 0 Å². The number of aliphatic hydroxyl groups is 1. The molecular weight excluding hydrogens is 309 g/mol. The Morgan fingerprint density at radius 1 is 1.17 bits per heavy atom. The highest BCUT2D eigenvalue weighted by Crippen LogP contribution is 2.51. The van der Waals surface area contributed by atoms with Crippen molar-refractivity contribution >= 4 is 0 Å². The van der Waals surface area contributed by atoms with E-state index in [4.69, 9.17) is 10.3 Å². The first-order valence-electron chi connectivity index (χ1n) is 7.94. The number of halogens is 1. The maximum atomic E-state index is 13.8. The fourth-order valence-corrected chi connectivity index (χ4v) is 3.90. The van der Waals surface area contributed by atoms with Crippen molar-refractivity contribution in [2.45, 2.75) is 30.7 Å². The molecule has 1 saturated heterocycles. The number of nitrogens with one attached hydrogen (secondary N) is 1. The van der Waals surface area contributed by atoms with E-state index in [1.807, 2.05) is 24.3 Å². The van der Waals surface area contributed by atoms with Gasteiger partial charge in [0.25, 0.3) is 0 Å². The summed E-state index contributed by atoms with van der Waals surface area (Å²) in [6.45, 7) is 0.311. The molecule has 122 valence electrons. The molecule has 4 rings (SSSR count). The Labute approximate surface area is 138 Å². The quantitative estimate of drug-likeness (QED) is 0.655. The SMILES string of the molecule is N=[N+]=NC[C@H]1C[C@@H]2c3ccccc3[C@@H](O)c3ccc(F)cc3[C@H]2O1. The lowest BCUT2D eigenvalue weighted by Gasteiger charge is -2.19. The highest BCUT2D eigenvalue weighted by molar-refractivity contribution is 5.47. The second-order valence-corrected chi connectivity index (χ2v) is 6.25. The summed E-state index contributed by atoms with van der Waals surface area (Å²) in [6.07, 6.45) is -0.602. The predicted octanol–water partition coefficient (Wildman–Crippen LogP) is 3.38. The van der Waals surface area contributed by atoms with Crippen LogP contribution in [0, 0.1) is 11.3 Å². The second kappa shape index (κ2) is 5.91. The van der Waals surface area contributed by atoms with Gasteiger partial charge in [0.05, 0.1) is 12.2 Å². The lowest BCUT2D eigenvalue weighted by atomic mass is 9.87. The number of aliphatic hydroxyl groups excluding tert-OH is 1. The minimum atomic E-state index is -0.794. The van der Waals surface area contributed by atoms with Crippen molar-refractivity contribution in [2.75, 3.05) is 6.54 Å². The van der Waals surface area contributed by atoms with E-state index in [-0.39, 0.29) is 23.9 Å². The molecule has 0 radical (unpaired) electrons. The monoisotopic (exact) mass is 326 g/mol. The first kappa shape index (κ1) is 15.1. The van der Waals surface area contributed by atoms with Crippen molar-refractivity contribution < 1.29 is 14.2 Å². The summed E-state index contributed by atoms with van der Waals surface area (Å²) in [5.41, 5.74) is 10.0. The van der Waals surface area contributed by atoms with E-state index in [0.29, 0.717) is 24.1 Å². The third-order valence-corrected chi connectivity index (χ3v) is 4.92. The smallest absolute Gasteiger partial charge is 0.214 e. The van der Waals surface area contributed by atoms with Gasteiger partial charge in [-0.1, -0.05) is 30.3 Å². The van der Waals surface area contributed by atoms with Gasteiger partial charge in [0.15, 0.2) is 0 Å². The van der Waals surface area contributed by atoms with Crippen LogP contribution in [-0.2, 0) is 4.74 Å².